The van der Waals surface area contributed by atoms with Crippen molar-refractivity contribution in [3.63, 3.8) is 0 Å². The largest absolute Gasteiger partial charge is 0.465 e. The summed E-state index contributed by atoms with van der Waals surface area (Å²) in [6, 6.07) is 19.2. The fourth-order valence-corrected chi connectivity index (χ4v) is 4.95. The minimum Gasteiger partial charge on any atom is -0.465 e. The smallest absolute Gasteiger partial charge is 0.271 e. The molecule has 33 heavy (non-hydrogen) atoms. The van der Waals surface area contributed by atoms with Gasteiger partial charge in [0, 0.05) is 16.8 Å². The lowest BCUT2D eigenvalue weighted by Gasteiger charge is -2.25. The maximum atomic E-state index is 13.5. The lowest BCUT2D eigenvalue weighted by molar-refractivity contribution is -0.113. The van der Waals surface area contributed by atoms with E-state index in [4.69, 9.17) is 16.0 Å². The number of carbonyl (C=O) groups excluding carboxylic acids is 1. The van der Waals surface area contributed by atoms with Gasteiger partial charge in [-0.05, 0) is 48.9 Å². The number of anilines is 1. The average molecular weight is 476 g/mol. The standard InChI is InChI=1S/C25H18ClN3O3S/c1-15-21(23(30)28-18-6-3-2-4-7-18)22(16-9-11-17(26)12-10-16)29-24(31)20(33-25(29)27-15)14-19-8-5-13-32-19/h2-14,22H,1H3,(H,28,30). The maximum Gasteiger partial charge on any atom is 0.271 e. The van der Waals surface area contributed by atoms with Crippen molar-refractivity contribution in [3.8, 4) is 0 Å². The van der Waals surface area contributed by atoms with E-state index in [9.17, 15) is 9.59 Å². The Morgan fingerprint density at radius 3 is 2.58 bits per heavy atom. The predicted octanol–water partition coefficient (Wildman–Crippen LogP) is 4.12. The van der Waals surface area contributed by atoms with Gasteiger partial charge in [-0.25, -0.2) is 4.99 Å². The molecule has 0 fully saturated rings. The molecule has 3 heterocycles. The number of rotatable bonds is 4. The summed E-state index contributed by atoms with van der Waals surface area (Å²) in [5, 5.41) is 3.50. The summed E-state index contributed by atoms with van der Waals surface area (Å²) in [7, 11) is 0. The quantitative estimate of drug-likeness (QED) is 0.482. The number of nitrogens with zero attached hydrogens (tertiary/aromatic N) is 2. The van der Waals surface area contributed by atoms with Gasteiger partial charge >= 0.3 is 0 Å². The fraction of sp³-hybridized carbons (Fsp3) is 0.0800. The monoisotopic (exact) mass is 475 g/mol. The van der Waals surface area contributed by atoms with Crippen molar-refractivity contribution in [2.75, 3.05) is 5.32 Å². The van der Waals surface area contributed by atoms with Gasteiger partial charge in [-0.1, -0.05) is 53.3 Å². The molecule has 2 aromatic carbocycles. The number of allylic oxidation sites excluding steroid dienone is 1. The number of aromatic nitrogens is 1. The average Bonchev–Trinajstić information content (AvgIpc) is 3.42. The van der Waals surface area contributed by atoms with Crippen LogP contribution in [0.5, 0.6) is 0 Å². The topological polar surface area (TPSA) is 76.6 Å². The van der Waals surface area contributed by atoms with E-state index in [-0.39, 0.29) is 11.5 Å². The van der Waals surface area contributed by atoms with Crippen molar-refractivity contribution in [2.24, 2.45) is 4.99 Å². The summed E-state index contributed by atoms with van der Waals surface area (Å²) >= 11 is 7.37. The number of halogens is 1. The fourth-order valence-electron chi connectivity index (χ4n) is 3.79. The number of amides is 1. The van der Waals surface area contributed by atoms with E-state index in [1.165, 1.54) is 11.3 Å². The minimum absolute atomic E-state index is 0.243. The van der Waals surface area contributed by atoms with Crippen LogP contribution >= 0.6 is 22.9 Å². The van der Waals surface area contributed by atoms with E-state index in [1.54, 1.807) is 48.1 Å². The molecule has 0 aliphatic carbocycles. The van der Waals surface area contributed by atoms with Crippen LogP contribution < -0.4 is 20.2 Å². The van der Waals surface area contributed by atoms with Gasteiger partial charge in [0.25, 0.3) is 11.5 Å². The number of thiazole rings is 1. The second kappa shape index (κ2) is 8.69. The first-order chi connectivity index (χ1) is 16.0. The number of para-hydroxylation sites is 1. The Morgan fingerprint density at radius 1 is 1.12 bits per heavy atom. The Bertz CT molecular complexity index is 1530. The number of nitrogens with one attached hydrogen (secondary N) is 1. The van der Waals surface area contributed by atoms with Crippen LogP contribution in [0.1, 0.15) is 24.3 Å². The first-order valence-electron chi connectivity index (χ1n) is 10.2. The molecule has 1 aliphatic rings. The molecule has 0 spiro atoms. The lowest BCUT2D eigenvalue weighted by atomic mass is 9.95. The highest BCUT2D eigenvalue weighted by molar-refractivity contribution is 7.07. The molecule has 2 aromatic heterocycles. The zero-order valence-corrected chi connectivity index (χ0v) is 19.1. The van der Waals surface area contributed by atoms with Gasteiger partial charge < -0.3 is 9.73 Å². The molecular formula is C25H18ClN3O3S. The molecule has 1 N–H and O–H groups in total. The highest BCUT2D eigenvalue weighted by Crippen LogP contribution is 2.31. The number of fused-ring (bicyclic) bond motifs is 1. The Hall–Kier alpha value is -3.68. The van der Waals surface area contributed by atoms with Gasteiger partial charge in [-0.3, -0.25) is 14.2 Å². The number of hydrogen-bond acceptors (Lipinski definition) is 5. The van der Waals surface area contributed by atoms with Crippen LogP contribution in [0.3, 0.4) is 0 Å². The third-order valence-electron chi connectivity index (χ3n) is 5.30. The van der Waals surface area contributed by atoms with Gasteiger partial charge in [-0.15, -0.1) is 0 Å². The number of benzene rings is 2. The summed E-state index contributed by atoms with van der Waals surface area (Å²) in [5.74, 6) is 0.253. The minimum atomic E-state index is -0.652. The lowest BCUT2D eigenvalue weighted by Crippen LogP contribution is -2.40. The van der Waals surface area contributed by atoms with E-state index >= 15 is 0 Å². The third-order valence-corrected chi connectivity index (χ3v) is 6.54. The van der Waals surface area contributed by atoms with Crippen molar-refractivity contribution in [1.82, 2.24) is 4.57 Å². The molecule has 1 atom stereocenters. The van der Waals surface area contributed by atoms with Crippen molar-refractivity contribution >= 4 is 40.6 Å². The van der Waals surface area contributed by atoms with E-state index < -0.39 is 6.04 Å². The molecule has 8 heteroatoms. The summed E-state index contributed by atoms with van der Waals surface area (Å²) in [4.78, 5) is 32.0. The highest BCUT2D eigenvalue weighted by atomic mass is 35.5. The highest BCUT2D eigenvalue weighted by Gasteiger charge is 2.32. The number of carbonyl (C=O) groups is 1. The van der Waals surface area contributed by atoms with Crippen LogP contribution in [0, 0.1) is 0 Å². The Labute approximate surface area is 197 Å². The first kappa shape index (κ1) is 21.2. The van der Waals surface area contributed by atoms with Gasteiger partial charge in [-0.2, -0.15) is 0 Å². The summed E-state index contributed by atoms with van der Waals surface area (Å²) < 4.78 is 7.42. The first-order valence-corrected chi connectivity index (χ1v) is 11.4. The van der Waals surface area contributed by atoms with Crippen molar-refractivity contribution in [1.29, 1.82) is 0 Å². The summed E-state index contributed by atoms with van der Waals surface area (Å²) in [5.41, 5.74) is 2.13. The molecule has 0 saturated heterocycles. The van der Waals surface area contributed by atoms with E-state index in [0.29, 0.717) is 37.1 Å². The Morgan fingerprint density at radius 2 is 1.88 bits per heavy atom. The molecule has 0 saturated carbocycles. The molecule has 5 rings (SSSR count). The van der Waals surface area contributed by atoms with E-state index in [2.05, 4.69) is 10.3 Å². The Balaban J connectivity index is 1.68. The SMILES string of the molecule is CC1=C(C(=O)Nc2ccccc2)C(c2ccc(Cl)cc2)n2c(sc(=Cc3ccco3)c2=O)=N1. The molecule has 0 radical (unpaired) electrons. The van der Waals surface area contributed by atoms with Crippen LogP contribution in [0.25, 0.3) is 6.08 Å². The zero-order chi connectivity index (χ0) is 22.9. The predicted molar refractivity (Wildman–Crippen MR) is 129 cm³/mol. The van der Waals surface area contributed by atoms with Crippen LogP contribution in [0.2, 0.25) is 5.02 Å². The van der Waals surface area contributed by atoms with Crippen molar-refractivity contribution < 1.29 is 9.21 Å². The maximum absolute atomic E-state index is 13.5. The van der Waals surface area contributed by atoms with E-state index in [0.717, 1.165) is 5.56 Å². The van der Waals surface area contributed by atoms with Crippen LogP contribution in [-0.2, 0) is 4.79 Å². The summed E-state index contributed by atoms with van der Waals surface area (Å²) in [6.45, 7) is 1.78. The number of furan rings is 1. The van der Waals surface area contributed by atoms with Gasteiger partial charge in [0.15, 0.2) is 4.80 Å². The molecule has 4 aromatic rings. The van der Waals surface area contributed by atoms with Crippen LogP contribution in [0.15, 0.2) is 98.5 Å². The van der Waals surface area contributed by atoms with Gasteiger partial charge in [0.2, 0.25) is 0 Å². The third kappa shape index (κ3) is 4.08. The molecule has 0 bridgehead atoms. The molecule has 1 aliphatic heterocycles. The molecule has 6 nitrogen and oxygen atoms in total. The molecular weight excluding hydrogens is 458 g/mol. The molecule has 1 amide bonds. The second-order valence-corrected chi connectivity index (χ2v) is 8.91. The normalized spacial score (nSPS) is 15.8. The molecule has 164 valence electrons. The zero-order valence-electron chi connectivity index (χ0n) is 17.5. The van der Waals surface area contributed by atoms with Crippen molar-refractivity contribution in [2.45, 2.75) is 13.0 Å². The van der Waals surface area contributed by atoms with Gasteiger partial charge in [0.1, 0.15) is 5.76 Å². The Kier molecular flexibility index (Phi) is 5.58. The van der Waals surface area contributed by atoms with Crippen molar-refractivity contribution in [3.05, 3.63) is 120 Å². The van der Waals surface area contributed by atoms with Gasteiger partial charge in [0.05, 0.1) is 28.1 Å². The van der Waals surface area contributed by atoms with Crippen LogP contribution in [0.4, 0.5) is 5.69 Å². The summed E-state index contributed by atoms with van der Waals surface area (Å²) in [6.07, 6.45) is 3.24. The second-order valence-electron chi connectivity index (χ2n) is 7.47. The van der Waals surface area contributed by atoms with Crippen LogP contribution in [-0.4, -0.2) is 10.5 Å². The number of hydrogen-bond donors (Lipinski definition) is 1. The van der Waals surface area contributed by atoms with E-state index in [1.807, 2.05) is 42.5 Å². The molecule has 1 unspecified atom stereocenters.